The molecule has 4 rings (SSSR count). The van der Waals surface area contributed by atoms with Gasteiger partial charge in [0.15, 0.2) is 22.5 Å². The first-order chi connectivity index (χ1) is 14.6. The molecule has 0 saturated carbocycles. The quantitative estimate of drug-likeness (QED) is 0.369. The molecule has 8 heteroatoms. The van der Waals surface area contributed by atoms with Crippen LogP contribution < -0.4 is 9.47 Å². The molecular weight excluding hydrogens is 416 g/mol. The van der Waals surface area contributed by atoms with E-state index >= 15 is 0 Å². The molecule has 0 aliphatic carbocycles. The summed E-state index contributed by atoms with van der Waals surface area (Å²) in [7, 11) is 5.27. The first kappa shape index (κ1) is 20.4. The number of nitrogens with zero attached hydrogens (tertiary/aromatic N) is 4. The molecule has 0 unspecified atom stereocenters. The third kappa shape index (κ3) is 4.06. The molecule has 0 radical (unpaired) electrons. The van der Waals surface area contributed by atoms with Gasteiger partial charge in [-0.3, -0.25) is 0 Å². The van der Waals surface area contributed by atoms with Crippen LogP contribution in [0.1, 0.15) is 11.3 Å². The average Bonchev–Trinajstić information content (AvgIpc) is 3.39. The Hall–Kier alpha value is -2.84. The van der Waals surface area contributed by atoms with Crippen LogP contribution in [0.2, 0.25) is 0 Å². The topological polar surface area (TPSA) is 62.1 Å². The summed E-state index contributed by atoms with van der Waals surface area (Å²) >= 11 is 3.25. The van der Waals surface area contributed by atoms with E-state index in [2.05, 4.69) is 34.6 Å². The molecule has 0 fully saturated rings. The van der Waals surface area contributed by atoms with Gasteiger partial charge in [0.1, 0.15) is 5.01 Å². The van der Waals surface area contributed by atoms with Gasteiger partial charge in [-0.2, -0.15) is 0 Å². The maximum Gasteiger partial charge on any atom is 0.191 e. The Morgan fingerprint density at radius 3 is 2.60 bits per heavy atom. The van der Waals surface area contributed by atoms with Crippen molar-refractivity contribution in [1.29, 1.82) is 0 Å². The molecular formula is C22H22N4O2S2. The molecule has 0 atom stereocenters. The number of hydrogen-bond acceptors (Lipinski definition) is 7. The first-order valence-electron chi connectivity index (χ1n) is 9.35. The highest BCUT2D eigenvalue weighted by Gasteiger charge is 2.14. The minimum atomic E-state index is 0.698. The smallest absolute Gasteiger partial charge is 0.191 e. The van der Waals surface area contributed by atoms with Crippen LogP contribution in [-0.2, 0) is 12.8 Å². The monoisotopic (exact) mass is 438 g/mol. The summed E-state index contributed by atoms with van der Waals surface area (Å²) in [4.78, 5) is 4.78. The van der Waals surface area contributed by atoms with E-state index in [9.17, 15) is 0 Å². The molecule has 0 bridgehead atoms. The molecule has 2 heterocycles. The van der Waals surface area contributed by atoms with E-state index in [0.29, 0.717) is 11.5 Å². The van der Waals surface area contributed by atoms with Crippen LogP contribution in [0, 0.1) is 6.92 Å². The highest BCUT2D eigenvalue weighted by molar-refractivity contribution is 7.98. The van der Waals surface area contributed by atoms with Gasteiger partial charge < -0.3 is 14.0 Å². The molecule has 0 aliphatic heterocycles. The number of hydrogen-bond donors (Lipinski definition) is 0. The summed E-state index contributed by atoms with van der Waals surface area (Å²) in [5.74, 6) is 3.01. The third-order valence-corrected chi connectivity index (χ3v) is 6.75. The Morgan fingerprint density at radius 2 is 1.83 bits per heavy atom. The van der Waals surface area contributed by atoms with Crippen molar-refractivity contribution in [3.8, 4) is 33.5 Å². The van der Waals surface area contributed by atoms with Crippen molar-refractivity contribution >= 4 is 23.1 Å². The summed E-state index contributed by atoms with van der Waals surface area (Å²) in [6, 6.07) is 14.1. The zero-order valence-corrected chi connectivity index (χ0v) is 18.9. The molecule has 2 aromatic heterocycles. The summed E-state index contributed by atoms with van der Waals surface area (Å²) in [6.45, 7) is 2.09. The van der Waals surface area contributed by atoms with E-state index < -0.39 is 0 Å². The van der Waals surface area contributed by atoms with Gasteiger partial charge in [0.25, 0.3) is 0 Å². The van der Waals surface area contributed by atoms with E-state index in [1.165, 1.54) is 5.56 Å². The van der Waals surface area contributed by atoms with Gasteiger partial charge in [0, 0.05) is 29.3 Å². The second kappa shape index (κ2) is 8.89. The van der Waals surface area contributed by atoms with Gasteiger partial charge in [-0.15, -0.1) is 21.5 Å². The predicted octanol–water partition coefficient (Wildman–Crippen LogP) is 5.22. The number of rotatable bonds is 7. The molecule has 4 aromatic rings. The minimum absolute atomic E-state index is 0.698. The largest absolute Gasteiger partial charge is 0.493 e. The van der Waals surface area contributed by atoms with E-state index in [0.717, 1.165) is 38.6 Å². The average molecular weight is 439 g/mol. The normalized spacial score (nSPS) is 10.9. The fourth-order valence-corrected chi connectivity index (χ4v) is 4.84. The van der Waals surface area contributed by atoms with Crippen LogP contribution >= 0.6 is 23.1 Å². The summed E-state index contributed by atoms with van der Waals surface area (Å²) in [5, 5.41) is 12.7. The maximum absolute atomic E-state index is 5.40. The molecule has 154 valence electrons. The third-order valence-electron chi connectivity index (χ3n) is 4.75. The highest BCUT2D eigenvalue weighted by atomic mass is 32.2. The van der Waals surface area contributed by atoms with E-state index in [1.54, 1.807) is 37.3 Å². The first-order valence-corrected chi connectivity index (χ1v) is 11.2. The molecule has 0 spiro atoms. The Morgan fingerprint density at radius 1 is 1.03 bits per heavy atom. The van der Waals surface area contributed by atoms with Crippen molar-refractivity contribution in [1.82, 2.24) is 19.7 Å². The SMILES string of the molecule is COc1ccc(-c2nc(CSc3nnc(-c4ccccc4C)n3C)cs2)cc1OC. The van der Waals surface area contributed by atoms with E-state index in [1.807, 2.05) is 41.9 Å². The Balaban J connectivity index is 1.49. The van der Waals surface area contributed by atoms with Gasteiger partial charge in [-0.05, 0) is 30.7 Å². The number of aromatic nitrogens is 4. The van der Waals surface area contributed by atoms with Gasteiger partial charge >= 0.3 is 0 Å². The van der Waals surface area contributed by atoms with Gasteiger partial charge in [-0.1, -0.05) is 36.0 Å². The van der Waals surface area contributed by atoms with Gasteiger partial charge in [0.2, 0.25) is 0 Å². The summed E-state index contributed by atoms with van der Waals surface area (Å²) in [5.41, 5.74) is 4.30. The second-order valence-electron chi connectivity index (χ2n) is 6.68. The standard InChI is InChI=1S/C22H22N4O2S2/c1-14-7-5-6-8-17(14)20-24-25-22(26(20)2)30-13-16-12-29-21(23-16)15-9-10-18(27-3)19(11-15)28-4/h5-12H,13H2,1-4H3. The summed E-state index contributed by atoms with van der Waals surface area (Å²) in [6.07, 6.45) is 0. The Labute approximate surface area is 183 Å². The lowest BCUT2D eigenvalue weighted by atomic mass is 10.1. The number of ether oxygens (including phenoxy) is 2. The maximum atomic E-state index is 5.40. The molecule has 30 heavy (non-hydrogen) atoms. The van der Waals surface area contributed by atoms with Crippen molar-refractivity contribution < 1.29 is 9.47 Å². The fourth-order valence-electron chi connectivity index (χ4n) is 3.11. The molecule has 0 N–H and O–H groups in total. The van der Waals surface area contributed by atoms with Crippen LogP contribution in [0.4, 0.5) is 0 Å². The van der Waals surface area contributed by atoms with Crippen LogP contribution in [0.15, 0.2) is 53.0 Å². The van der Waals surface area contributed by atoms with Crippen molar-refractivity contribution in [2.24, 2.45) is 7.05 Å². The van der Waals surface area contributed by atoms with Crippen molar-refractivity contribution in [3.05, 3.63) is 59.1 Å². The van der Waals surface area contributed by atoms with Gasteiger partial charge in [0.05, 0.1) is 19.9 Å². The zero-order valence-electron chi connectivity index (χ0n) is 17.2. The number of aryl methyl sites for hydroxylation is 1. The summed E-state index contributed by atoms with van der Waals surface area (Å²) < 4.78 is 12.7. The molecule has 2 aromatic carbocycles. The zero-order chi connectivity index (χ0) is 21.1. The molecule has 0 amide bonds. The predicted molar refractivity (Wildman–Crippen MR) is 121 cm³/mol. The molecule has 0 saturated heterocycles. The Kier molecular flexibility index (Phi) is 6.06. The number of thiazole rings is 1. The lowest BCUT2D eigenvalue weighted by Gasteiger charge is -2.08. The number of benzene rings is 2. The fraction of sp³-hybridized carbons (Fsp3) is 0.227. The Bertz CT molecular complexity index is 1170. The lowest BCUT2D eigenvalue weighted by molar-refractivity contribution is 0.355. The van der Waals surface area contributed by atoms with Crippen LogP contribution in [0.3, 0.4) is 0 Å². The molecule has 6 nitrogen and oxygen atoms in total. The second-order valence-corrected chi connectivity index (χ2v) is 8.48. The van der Waals surface area contributed by atoms with Crippen LogP contribution in [0.25, 0.3) is 22.0 Å². The van der Waals surface area contributed by atoms with E-state index in [4.69, 9.17) is 14.5 Å². The number of thioether (sulfide) groups is 1. The lowest BCUT2D eigenvalue weighted by Crippen LogP contribution is -1.96. The van der Waals surface area contributed by atoms with Crippen molar-refractivity contribution in [3.63, 3.8) is 0 Å². The van der Waals surface area contributed by atoms with Crippen molar-refractivity contribution in [2.75, 3.05) is 14.2 Å². The highest BCUT2D eigenvalue weighted by Crippen LogP contribution is 2.34. The minimum Gasteiger partial charge on any atom is -0.493 e. The van der Waals surface area contributed by atoms with Crippen LogP contribution in [-0.4, -0.2) is 34.0 Å². The van der Waals surface area contributed by atoms with Crippen LogP contribution in [0.5, 0.6) is 11.5 Å². The van der Waals surface area contributed by atoms with E-state index in [-0.39, 0.29) is 0 Å². The van der Waals surface area contributed by atoms with Gasteiger partial charge in [-0.25, -0.2) is 4.98 Å². The van der Waals surface area contributed by atoms with Crippen molar-refractivity contribution in [2.45, 2.75) is 17.8 Å². The molecule has 0 aliphatic rings. The number of methoxy groups -OCH3 is 2.